The summed E-state index contributed by atoms with van der Waals surface area (Å²) in [7, 11) is 0. The quantitative estimate of drug-likeness (QED) is 0.486. The first-order valence-electron chi connectivity index (χ1n) is 9.25. The zero-order valence-corrected chi connectivity index (χ0v) is 16.2. The lowest BCUT2D eigenvalue weighted by Gasteiger charge is -2.22. The van der Waals surface area contributed by atoms with E-state index in [1.807, 2.05) is 30.3 Å². The Hall–Kier alpha value is -3.19. The maximum absolute atomic E-state index is 12.3. The Balaban J connectivity index is 1.88. The number of hydrogen-bond donors (Lipinski definition) is 1. The van der Waals surface area contributed by atoms with Gasteiger partial charge in [0.25, 0.3) is 0 Å². The van der Waals surface area contributed by atoms with Crippen LogP contribution in [0.3, 0.4) is 0 Å². The van der Waals surface area contributed by atoms with Gasteiger partial charge in [0.15, 0.2) is 0 Å². The fraction of sp³-hybridized carbons (Fsp3) is 0.318. The van der Waals surface area contributed by atoms with Crippen LogP contribution in [0.5, 0.6) is 0 Å². The highest BCUT2D eigenvalue weighted by molar-refractivity contribution is 6.03. The highest BCUT2D eigenvalue weighted by atomic mass is 16.5. The van der Waals surface area contributed by atoms with Crippen molar-refractivity contribution in [2.24, 2.45) is 11.7 Å². The minimum absolute atomic E-state index is 0.0263. The molecule has 2 N–H and O–H groups in total. The lowest BCUT2D eigenvalue weighted by Crippen LogP contribution is -2.55. The van der Waals surface area contributed by atoms with E-state index in [0.29, 0.717) is 5.56 Å². The Morgan fingerprint density at radius 3 is 1.86 bits per heavy atom. The summed E-state index contributed by atoms with van der Waals surface area (Å²) < 4.78 is 10.3. The molecule has 0 aromatic heterocycles. The normalized spacial score (nSPS) is 13.7. The third kappa shape index (κ3) is 6.43. The number of esters is 2. The summed E-state index contributed by atoms with van der Waals surface area (Å²) in [6.45, 7) is 1.58. The molecular weight excluding hydrogens is 374 g/mol. The smallest absolute Gasteiger partial charge is 0.386 e. The van der Waals surface area contributed by atoms with Gasteiger partial charge in [0.05, 0.1) is 5.92 Å². The summed E-state index contributed by atoms with van der Waals surface area (Å²) >= 11 is 0. The molecule has 29 heavy (non-hydrogen) atoms. The molecular formula is C22H24NO6. The number of carbonyl (C=O) groups is 3. The minimum Gasteiger partial charge on any atom is -0.461 e. The van der Waals surface area contributed by atoms with Crippen molar-refractivity contribution in [3.05, 3.63) is 71.8 Å². The molecule has 7 nitrogen and oxygen atoms in total. The third-order valence-corrected chi connectivity index (χ3v) is 4.54. The van der Waals surface area contributed by atoms with Crippen molar-refractivity contribution in [1.29, 1.82) is 0 Å². The summed E-state index contributed by atoms with van der Waals surface area (Å²) in [6, 6.07) is 17.9. The monoisotopic (exact) mass is 398 g/mol. The number of nitrogens with two attached hydrogens (primary N) is 1. The van der Waals surface area contributed by atoms with Gasteiger partial charge in [-0.05, 0) is 24.0 Å². The molecule has 2 aromatic carbocycles. The zero-order chi connectivity index (χ0) is 21.3. The van der Waals surface area contributed by atoms with Crippen molar-refractivity contribution in [3.63, 3.8) is 0 Å². The molecule has 2 rings (SSSR count). The molecule has 0 aliphatic rings. The molecule has 0 amide bonds. The maximum Gasteiger partial charge on any atom is 0.386 e. The highest BCUT2D eigenvalue weighted by Gasteiger charge is 2.45. The Morgan fingerprint density at radius 1 is 0.897 bits per heavy atom. The van der Waals surface area contributed by atoms with E-state index in [4.69, 9.17) is 15.2 Å². The lowest BCUT2D eigenvalue weighted by atomic mass is 9.90. The molecule has 0 aliphatic carbocycles. The van der Waals surface area contributed by atoms with Gasteiger partial charge in [-0.25, -0.2) is 14.7 Å². The lowest BCUT2D eigenvalue weighted by molar-refractivity contribution is -0.166. The van der Waals surface area contributed by atoms with Crippen molar-refractivity contribution in [1.82, 2.24) is 0 Å². The Labute approximate surface area is 169 Å². The van der Waals surface area contributed by atoms with Gasteiger partial charge in [0.1, 0.15) is 13.2 Å². The van der Waals surface area contributed by atoms with Gasteiger partial charge in [0.2, 0.25) is 5.54 Å². The molecule has 0 aliphatic heterocycles. The molecule has 0 heterocycles. The summed E-state index contributed by atoms with van der Waals surface area (Å²) in [5.41, 5.74) is 4.96. The third-order valence-electron chi connectivity index (χ3n) is 4.54. The van der Waals surface area contributed by atoms with Gasteiger partial charge >= 0.3 is 17.9 Å². The van der Waals surface area contributed by atoms with Crippen LogP contribution in [0.1, 0.15) is 30.9 Å². The van der Waals surface area contributed by atoms with Crippen LogP contribution < -0.4 is 5.73 Å². The van der Waals surface area contributed by atoms with Crippen molar-refractivity contribution in [2.75, 3.05) is 0 Å². The molecule has 2 unspecified atom stereocenters. The Morgan fingerprint density at radius 2 is 1.38 bits per heavy atom. The van der Waals surface area contributed by atoms with Crippen LogP contribution in [-0.2, 0) is 42.2 Å². The summed E-state index contributed by atoms with van der Waals surface area (Å²) in [4.78, 5) is 35.9. The number of rotatable bonds is 10. The largest absolute Gasteiger partial charge is 0.461 e. The molecule has 0 saturated heterocycles. The van der Waals surface area contributed by atoms with E-state index >= 15 is 0 Å². The molecule has 2 aromatic rings. The minimum atomic E-state index is -2.34. The summed E-state index contributed by atoms with van der Waals surface area (Å²) in [5.74, 6) is -4.01. The topological polar surface area (TPSA) is 116 Å². The second kappa shape index (κ2) is 10.4. The van der Waals surface area contributed by atoms with Gasteiger partial charge in [-0.2, -0.15) is 0 Å². The fourth-order valence-electron chi connectivity index (χ4n) is 2.57. The molecule has 7 heteroatoms. The van der Waals surface area contributed by atoms with Crippen LogP contribution in [0.4, 0.5) is 0 Å². The second-order valence-corrected chi connectivity index (χ2v) is 6.85. The first kappa shape index (κ1) is 22.1. The number of benzene rings is 2. The Kier molecular flexibility index (Phi) is 7.91. The Bertz CT molecular complexity index is 824. The van der Waals surface area contributed by atoms with Gasteiger partial charge in [0, 0.05) is 0 Å². The number of carbonyl (C=O) groups excluding carboxylic acids is 3. The van der Waals surface area contributed by atoms with Gasteiger partial charge in [-0.3, -0.25) is 4.79 Å². The van der Waals surface area contributed by atoms with Crippen molar-refractivity contribution in [3.8, 4) is 0 Å². The van der Waals surface area contributed by atoms with Crippen molar-refractivity contribution in [2.45, 2.75) is 38.5 Å². The van der Waals surface area contributed by atoms with Crippen molar-refractivity contribution >= 4 is 17.9 Å². The molecule has 0 fully saturated rings. The van der Waals surface area contributed by atoms with Gasteiger partial charge in [-0.1, -0.05) is 67.6 Å². The number of hydrogen-bond acceptors (Lipinski definition) is 6. The van der Waals surface area contributed by atoms with Crippen LogP contribution in [0.25, 0.3) is 0 Å². The fourth-order valence-corrected chi connectivity index (χ4v) is 2.57. The summed E-state index contributed by atoms with van der Waals surface area (Å²) in [6.07, 6.45) is -0.289. The predicted octanol–water partition coefficient (Wildman–Crippen LogP) is 2.54. The SMILES string of the molecule is CC(CCC(N)(C([O])=O)C(=O)OCc1ccccc1)C(=O)OCc1ccccc1. The van der Waals surface area contributed by atoms with Crippen LogP contribution in [0.15, 0.2) is 60.7 Å². The molecule has 0 saturated carbocycles. The van der Waals surface area contributed by atoms with Crippen molar-refractivity contribution < 1.29 is 29.0 Å². The second-order valence-electron chi connectivity index (χ2n) is 6.85. The van der Waals surface area contributed by atoms with Crippen LogP contribution >= 0.6 is 0 Å². The van der Waals surface area contributed by atoms with E-state index in [2.05, 4.69) is 0 Å². The standard InChI is InChI=1S/C22H24NO6/c1-16(19(24)28-14-17-8-4-2-5-9-17)12-13-22(23,20(25)26)21(27)29-15-18-10-6-3-7-11-18/h2-11,16H,12-15,23H2,1H3. The van der Waals surface area contributed by atoms with E-state index in [9.17, 15) is 19.5 Å². The molecule has 153 valence electrons. The van der Waals surface area contributed by atoms with Gasteiger partial charge < -0.3 is 15.2 Å². The van der Waals surface area contributed by atoms with E-state index in [1.54, 1.807) is 37.3 Å². The molecule has 1 radical (unpaired) electrons. The number of ether oxygens (including phenoxy) is 2. The molecule has 2 atom stereocenters. The highest BCUT2D eigenvalue weighted by Crippen LogP contribution is 2.19. The van der Waals surface area contributed by atoms with Crippen LogP contribution in [0.2, 0.25) is 0 Å². The molecule has 0 bridgehead atoms. The predicted molar refractivity (Wildman–Crippen MR) is 103 cm³/mol. The average molecular weight is 398 g/mol. The van der Waals surface area contributed by atoms with Crippen LogP contribution in [-0.4, -0.2) is 23.4 Å². The summed E-state index contributed by atoms with van der Waals surface area (Å²) in [5, 5.41) is 11.5. The van der Waals surface area contributed by atoms with Gasteiger partial charge in [-0.15, -0.1) is 0 Å². The average Bonchev–Trinajstić information content (AvgIpc) is 2.75. The van der Waals surface area contributed by atoms with E-state index in [-0.39, 0.29) is 26.1 Å². The van der Waals surface area contributed by atoms with Crippen LogP contribution in [0, 0.1) is 5.92 Å². The van der Waals surface area contributed by atoms with E-state index in [1.165, 1.54) is 0 Å². The zero-order valence-electron chi connectivity index (χ0n) is 16.2. The first-order valence-corrected chi connectivity index (χ1v) is 9.25. The van der Waals surface area contributed by atoms with E-state index in [0.717, 1.165) is 5.56 Å². The van der Waals surface area contributed by atoms with E-state index < -0.39 is 29.4 Å². The molecule has 0 spiro atoms. The first-order chi connectivity index (χ1) is 13.8. The maximum atomic E-state index is 12.3.